The molecule has 0 unspecified atom stereocenters. The molecule has 1 N–H and O–H groups in total. The number of carbonyl (C=O) groups is 1. The lowest BCUT2D eigenvalue weighted by atomic mass is 10.1. The molecule has 1 aromatic rings. The van der Waals surface area contributed by atoms with Gasteiger partial charge in [-0.05, 0) is 41.7 Å². The Morgan fingerprint density at radius 3 is 2.47 bits per heavy atom. The van der Waals surface area contributed by atoms with Crippen molar-refractivity contribution < 1.29 is 19.4 Å². The minimum absolute atomic E-state index is 0.629. The highest BCUT2D eigenvalue weighted by Gasteiger charge is 2.20. The van der Waals surface area contributed by atoms with Crippen molar-refractivity contribution in [2.24, 2.45) is 0 Å². The van der Waals surface area contributed by atoms with Crippen LogP contribution < -0.4 is 9.47 Å². The smallest absolute Gasteiger partial charge is 0.328 e. The van der Waals surface area contributed by atoms with Crippen molar-refractivity contribution in [3.05, 3.63) is 29.3 Å². The molecule has 0 aromatic heterocycles. The van der Waals surface area contributed by atoms with Crippen LogP contribution in [-0.4, -0.2) is 25.3 Å². The third-order valence-electron chi connectivity index (χ3n) is 2.92. The van der Waals surface area contributed by atoms with Crippen LogP contribution in [0, 0.1) is 0 Å². The fourth-order valence-corrected chi connectivity index (χ4v) is 2.13. The van der Waals surface area contributed by atoms with Gasteiger partial charge in [-0.15, -0.1) is 0 Å². The maximum absolute atomic E-state index is 10.7. The molecule has 0 amide bonds. The van der Waals surface area contributed by atoms with E-state index in [1.54, 1.807) is 14.2 Å². The van der Waals surface area contributed by atoms with Gasteiger partial charge in [0.1, 0.15) is 0 Å². The second-order valence-electron chi connectivity index (χ2n) is 3.87. The zero-order valence-corrected chi connectivity index (χ0v) is 9.82. The molecule has 1 aliphatic carbocycles. The molecule has 4 nitrogen and oxygen atoms in total. The molecule has 4 heteroatoms. The number of rotatable bonds is 3. The summed E-state index contributed by atoms with van der Waals surface area (Å²) in [6.07, 6.45) is 2.85. The van der Waals surface area contributed by atoms with Gasteiger partial charge in [-0.2, -0.15) is 0 Å². The molecule has 0 fully saturated rings. The van der Waals surface area contributed by atoms with Crippen LogP contribution in [0.5, 0.6) is 11.5 Å². The lowest BCUT2D eigenvalue weighted by molar-refractivity contribution is -0.131. The molecule has 1 aliphatic rings. The summed E-state index contributed by atoms with van der Waals surface area (Å²) in [6.45, 7) is 0. The van der Waals surface area contributed by atoms with Crippen LogP contribution in [0.3, 0.4) is 0 Å². The number of aryl methyl sites for hydroxylation is 1. The maximum Gasteiger partial charge on any atom is 0.328 e. The van der Waals surface area contributed by atoms with Crippen LogP contribution in [0.2, 0.25) is 0 Å². The van der Waals surface area contributed by atoms with E-state index in [1.165, 1.54) is 6.08 Å². The molecule has 2 rings (SSSR count). The predicted octanol–water partition coefficient (Wildman–Crippen LogP) is 2.12. The van der Waals surface area contributed by atoms with Gasteiger partial charge in [-0.3, -0.25) is 0 Å². The first-order valence-corrected chi connectivity index (χ1v) is 5.34. The Morgan fingerprint density at radius 2 is 1.88 bits per heavy atom. The Kier molecular flexibility index (Phi) is 3.04. The van der Waals surface area contributed by atoms with Crippen LogP contribution in [0.4, 0.5) is 0 Å². The van der Waals surface area contributed by atoms with E-state index in [1.807, 2.05) is 12.1 Å². The first-order chi connectivity index (χ1) is 8.15. The number of benzene rings is 1. The van der Waals surface area contributed by atoms with Gasteiger partial charge in [0.25, 0.3) is 0 Å². The molecular formula is C13H14O4. The summed E-state index contributed by atoms with van der Waals surface area (Å²) < 4.78 is 10.4. The third-order valence-corrected chi connectivity index (χ3v) is 2.92. The predicted molar refractivity (Wildman–Crippen MR) is 63.5 cm³/mol. The topological polar surface area (TPSA) is 55.8 Å². The zero-order chi connectivity index (χ0) is 12.4. The highest BCUT2D eigenvalue weighted by molar-refractivity contribution is 5.92. The first kappa shape index (κ1) is 11.5. The normalized spacial score (nSPS) is 15.8. The number of allylic oxidation sites excluding steroid dienone is 1. The SMILES string of the molecule is COc1cc2c(cc1OC)C(=CC(=O)O)CC2. The highest BCUT2D eigenvalue weighted by Crippen LogP contribution is 2.39. The van der Waals surface area contributed by atoms with Crippen molar-refractivity contribution in [1.29, 1.82) is 0 Å². The van der Waals surface area contributed by atoms with E-state index in [2.05, 4.69) is 0 Å². The van der Waals surface area contributed by atoms with Crippen molar-refractivity contribution in [3.8, 4) is 11.5 Å². The number of hydrogen-bond acceptors (Lipinski definition) is 3. The Bertz CT molecular complexity index is 488. The minimum atomic E-state index is -0.914. The van der Waals surface area contributed by atoms with E-state index in [4.69, 9.17) is 14.6 Å². The van der Waals surface area contributed by atoms with Gasteiger partial charge in [0, 0.05) is 6.08 Å². The van der Waals surface area contributed by atoms with E-state index in [-0.39, 0.29) is 0 Å². The molecular weight excluding hydrogens is 220 g/mol. The second kappa shape index (κ2) is 4.49. The first-order valence-electron chi connectivity index (χ1n) is 5.34. The minimum Gasteiger partial charge on any atom is -0.493 e. The molecule has 0 saturated heterocycles. The summed E-state index contributed by atoms with van der Waals surface area (Å²) in [7, 11) is 3.16. The molecule has 1 aromatic carbocycles. The summed E-state index contributed by atoms with van der Waals surface area (Å²) >= 11 is 0. The van der Waals surface area contributed by atoms with Gasteiger partial charge < -0.3 is 14.6 Å². The van der Waals surface area contributed by atoms with Gasteiger partial charge in [0.05, 0.1) is 14.2 Å². The van der Waals surface area contributed by atoms with Crippen molar-refractivity contribution >= 4 is 11.5 Å². The average Bonchev–Trinajstić information content (AvgIpc) is 2.69. The Labute approximate surface area is 99.5 Å². The lowest BCUT2D eigenvalue weighted by Crippen LogP contribution is -1.94. The molecule has 0 atom stereocenters. The van der Waals surface area contributed by atoms with E-state index >= 15 is 0 Å². The molecule has 0 radical (unpaired) electrons. The molecule has 0 bridgehead atoms. The number of methoxy groups -OCH3 is 2. The number of carboxylic acid groups (broad SMARTS) is 1. The van der Waals surface area contributed by atoms with E-state index in [0.717, 1.165) is 29.5 Å². The maximum atomic E-state index is 10.7. The Morgan fingerprint density at radius 1 is 1.24 bits per heavy atom. The van der Waals surface area contributed by atoms with Crippen LogP contribution >= 0.6 is 0 Å². The molecule has 17 heavy (non-hydrogen) atoms. The van der Waals surface area contributed by atoms with Gasteiger partial charge in [-0.1, -0.05) is 0 Å². The summed E-state index contributed by atoms with van der Waals surface area (Å²) in [5.74, 6) is 0.398. The van der Waals surface area contributed by atoms with E-state index in [9.17, 15) is 4.79 Å². The van der Waals surface area contributed by atoms with Crippen LogP contribution in [0.1, 0.15) is 17.5 Å². The van der Waals surface area contributed by atoms with Gasteiger partial charge in [0.2, 0.25) is 0 Å². The molecule has 90 valence electrons. The fourth-order valence-electron chi connectivity index (χ4n) is 2.13. The van der Waals surface area contributed by atoms with Crippen molar-refractivity contribution in [2.75, 3.05) is 14.2 Å². The van der Waals surface area contributed by atoms with E-state index in [0.29, 0.717) is 11.5 Å². The van der Waals surface area contributed by atoms with Crippen molar-refractivity contribution in [3.63, 3.8) is 0 Å². The van der Waals surface area contributed by atoms with Crippen molar-refractivity contribution in [2.45, 2.75) is 12.8 Å². The number of ether oxygens (including phenoxy) is 2. The summed E-state index contributed by atoms with van der Waals surface area (Å²) in [6, 6.07) is 3.76. The lowest BCUT2D eigenvalue weighted by Gasteiger charge is -2.10. The number of hydrogen-bond donors (Lipinski definition) is 1. The quantitative estimate of drug-likeness (QED) is 0.814. The van der Waals surface area contributed by atoms with Crippen LogP contribution in [-0.2, 0) is 11.2 Å². The molecule has 0 aliphatic heterocycles. The Hall–Kier alpha value is -1.97. The van der Waals surface area contributed by atoms with E-state index < -0.39 is 5.97 Å². The number of aliphatic carboxylic acids is 1. The van der Waals surface area contributed by atoms with Gasteiger partial charge in [0.15, 0.2) is 11.5 Å². The highest BCUT2D eigenvalue weighted by atomic mass is 16.5. The fraction of sp³-hybridized carbons (Fsp3) is 0.308. The largest absolute Gasteiger partial charge is 0.493 e. The third kappa shape index (κ3) is 2.11. The molecule has 0 saturated carbocycles. The summed E-state index contributed by atoms with van der Waals surface area (Å²) in [5.41, 5.74) is 2.90. The number of carboxylic acids is 1. The number of fused-ring (bicyclic) bond motifs is 1. The average molecular weight is 234 g/mol. The molecule has 0 heterocycles. The van der Waals surface area contributed by atoms with Gasteiger partial charge >= 0.3 is 5.97 Å². The zero-order valence-electron chi connectivity index (χ0n) is 9.82. The van der Waals surface area contributed by atoms with Crippen molar-refractivity contribution in [1.82, 2.24) is 0 Å². The Balaban J connectivity index is 2.50. The van der Waals surface area contributed by atoms with Crippen LogP contribution in [0.25, 0.3) is 5.57 Å². The molecule has 0 spiro atoms. The standard InChI is InChI=1S/C13H14O4/c1-16-11-5-8-3-4-9(6-13(14)15)10(8)7-12(11)17-2/h5-7H,3-4H2,1-2H3,(H,14,15). The van der Waals surface area contributed by atoms with Crippen LogP contribution in [0.15, 0.2) is 18.2 Å². The van der Waals surface area contributed by atoms with Gasteiger partial charge in [-0.25, -0.2) is 4.79 Å². The second-order valence-corrected chi connectivity index (χ2v) is 3.87. The monoisotopic (exact) mass is 234 g/mol. The summed E-state index contributed by atoms with van der Waals surface area (Å²) in [4.78, 5) is 10.7. The summed E-state index contributed by atoms with van der Waals surface area (Å²) in [5, 5.41) is 8.79.